The van der Waals surface area contributed by atoms with Crippen LogP contribution in [0, 0.1) is 6.92 Å². The molecule has 127 valence electrons. The monoisotopic (exact) mass is 349 g/mol. The molecule has 3 nitrogen and oxygen atoms in total. The highest BCUT2D eigenvalue weighted by molar-refractivity contribution is 6.37. The van der Waals surface area contributed by atoms with Gasteiger partial charge in [-0.15, -0.1) is 0 Å². The lowest BCUT2D eigenvalue weighted by Gasteiger charge is -2.17. The van der Waals surface area contributed by atoms with Crippen molar-refractivity contribution in [1.82, 2.24) is 0 Å². The van der Waals surface area contributed by atoms with Gasteiger partial charge in [-0.05, 0) is 29.7 Å². The number of benzene rings is 3. The van der Waals surface area contributed by atoms with E-state index in [1.165, 1.54) is 0 Å². The van der Waals surface area contributed by atoms with E-state index in [0.717, 1.165) is 22.4 Å². The molecule has 0 amide bonds. The second-order valence-electron chi connectivity index (χ2n) is 5.67. The first-order valence-electron chi connectivity index (χ1n) is 8.25. The Labute approximate surface area is 150 Å². The summed E-state index contributed by atoms with van der Waals surface area (Å²) in [5.41, 5.74) is 3.26. The predicted molar refractivity (Wildman–Crippen MR) is 100 cm³/mol. The summed E-state index contributed by atoms with van der Waals surface area (Å²) in [5.74, 6) is 0.803. The smallest absolute Gasteiger partial charge is 0.498 e. The Bertz CT molecular complexity index is 719. The fraction of sp³-hybridized carbons (Fsp3) is 0.143. The Kier molecular flexibility index (Phi) is 6.39. The van der Waals surface area contributed by atoms with Crippen molar-refractivity contribution in [2.24, 2.45) is 0 Å². The van der Waals surface area contributed by atoms with E-state index in [2.05, 4.69) is 0 Å². The fourth-order valence-corrected chi connectivity index (χ4v) is 3.47. The lowest BCUT2D eigenvalue weighted by Crippen LogP contribution is -2.30. The highest BCUT2D eigenvalue weighted by atomic mass is 28.3. The summed E-state index contributed by atoms with van der Waals surface area (Å²) in [7, 11) is -1.91. The second-order valence-corrected chi connectivity index (χ2v) is 6.95. The zero-order valence-electron chi connectivity index (χ0n) is 14.2. The third kappa shape index (κ3) is 5.57. The van der Waals surface area contributed by atoms with Gasteiger partial charge in [-0.25, -0.2) is 0 Å². The normalized spacial score (nSPS) is 10.8. The Morgan fingerprint density at radius 3 is 1.64 bits per heavy atom. The van der Waals surface area contributed by atoms with Crippen molar-refractivity contribution in [2.45, 2.75) is 20.1 Å². The maximum Gasteiger partial charge on any atom is 0.657 e. The van der Waals surface area contributed by atoms with Gasteiger partial charge in [0, 0.05) is 0 Å². The molecule has 0 spiro atoms. The summed E-state index contributed by atoms with van der Waals surface area (Å²) in [6.07, 6.45) is 0. The van der Waals surface area contributed by atoms with Gasteiger partial charge in [-0.3, -0.25) is 0 Å². The molecule has 0 unspecified atom stereocenters. The number of para-hydroxylation sites is 1. The molecular weight excluding hydrogens is 328 g/mol. The van der Waals surface area contributed by atoms with E-state index in [9.17, 15) is 0 Å². The van der Waals surface area contributed by atoms with E-state index in [4.69, 9.17) is 13.3 Å². The van der Waals surface area contributed by atoms with Gasteiger partial charge < -0.3 is 13.3 Å². The summed E-state index contributed by atoms with van der Waals surface area (Å²) in [6, 6.07) is 28.0. The van der Waals surface area contributed by atoms with Crippen molar-refractivity contribution in [3.05, 3.63) is 102 Å². The molecular formula is C21H21O3Si. The molecule has 0 N–H and O–H groups in total. The van der Waals surface area contributed by atoms with Crippen LogP contribution in [0.25, 0.3) is 0 Å². The molecule has 0 bridgehead atoms. The van der Waals surface area contributed by atoms with Crippen LogP contribution in [0.15, 0.2) is 84.9 Å². The predicted octanol–water partition coefficient (Wildman–Crippen LogP) is 4.79. The minimum Gasteiger partial charge on any atom is -0.498 e. The van der Waals surface area contributed by atoms with Crippen LogP contribution in [0.5, 0.6) is 5.75 Å². The van der Waals surface area contributed by atoms with Gasteiger partial charge in [0.2, 0.25) is 0 Å². The van der Waals surface area contributed by atoms with Gasteiger partial charge in [-0.1, -0.05) is 78.9 Å². The SMILES string of the molecule is Cc1ccccc1O[Si](OCc1ccccc1)OCc1ccccc1. The minimum absolute atomic E-state index is 0.468. The zero-order valence-corrected chi connectivity index (χ0v) is 15.2. The molecule has 3 rings (SSSR count). The maximum absolute atomic E-state index is 6.05. The van der Waals surface area contributed by atoms with E-state index >= 15 is 0 Å². The van der Waals surface area contributed by atoms with Gasteiger partial charge in [0.15, 0.2) is 0 Å². The quantitative estimate of drug-likeness (QED) is 0.547. The van der Waals surface area contributed by atoms with Crippen molar-refractivity contribution < 1.29 is 13.3 Å². The molecule has 0 heterocycles. The molecule has 1 radical (unpaired) electrons. The standard InChI is InChI=1S/C21H21O3Si/c1-18-10-8-9-15-21(18)24-25(22-16-19-11-4-2-5-12-19)23-17-20-13-6-3-7-14-20/h2-15H,16-17H2,1H3. The van der Waals surface area contributed by atoms with Crippen LogP contribution < -0.4 is 4.43 Å². The number of hydrogen-bond donors (Lipinski definition) is 0. The molecule has 25 heavy (non-hydrogen) atoms. The van der Waals surface area contributed by atoms with Crippen LogP contribution in [-0.4, -0.2) is 9.53 Å². The fourth-order valence-electron chi connectivity index (χ4n) is 2.29. The van der Waals surface area contributed by atoms with Gasteiger partial charge in [0.1, 0.15) is 5.75 Å². The highest BCUT2D eigenvalue weighted by Gasteiger charge is 2.23. The molecule has 4 heteroatoms. The van der Waals surface area contributed by atoms with Crippen LogP contribution in [0.3, 0.4) is 0 Å². The largest absolute Gasteiger partial charge is 0.657 e. The number of rotatable bonds is 8. The molecule has 3 aromatic carbocycles. The van der Waals surface area contributed by atoms with Crippen molar-refractivity contribution >= 4 is 9.53 Å². The topological polar surface area (TPSA) is 27.7 Å². The lowest BCUT2D eigenvalue weighted by molar-refractivity contribution is 0.126. The molecule has 0 aliphatic rings. The molecule has 0 aliphatic heterocycles. The number of hydrogen-bond acceptors (Lipinski definition) is 3. The first-order chi connectivity index (χ1) is 12.3. The molecule has 0 saturated carbocycles. The van der Waals surface area contributed by atoms with Gasteiger partial charge in [-0.2, -0.15) is 0 Å². The van der Waals surface area contributed by atoms with Crippen LogP contribution in [0.2, 0.25) is 0 Å². The molecule has 0 aliphatic carbocycles. The van der Waals surface area contributed by atoms with Crippen LogP contribution in [0.1, 0.15) is 16.7 Å². The molecule has 0 aromatic heterocycles. The Morgan fingerprint density at radius 1 is 0.640 bits per heavy atom. The van der Waals surface area contributed by atoms with Crippen molar-refractivity contribution in [1.29, 1.82) is 0 Å². The second kappa shape index (κ2) is 9.18. The molecule has 0 atom stereocenters. The third-order valence-corrected chi connectivity index (χ3v) is 4.83. The Morgan fingerprint density at radius 2 is 1.12 bits per heavy atom. The third-order valence-electron chi connectivity index (χ3n) is 3.69. The average molecular weight is 349 g/mol. The summed E-state index contributed by atoms with van der Waals surface area (Å²) < 4.78 is 18.0. The number of aryl methyl sites for hydroxylation is 1. The van der Waals surface area contributed by atoms with Crippen LogP contribution >= 0.6 is 0 Å². The van der Waals surface area contributed by atoms with Gasteiger partial charge in [0.25, 0.3) is 0 Å². The zero-order chi connectivity index (χ0) is 17.3. The minimum atomic E-state index is -1.91. The van der Waals surface area contributed by atoms with E-state index < -0.39 is 9.53 Å². The van der Waals surface area contributed by atoms with Gasteiger partial charge in [0.05, 0.1) is 13.2 Å². The summed E-state index contributed by atoms with van der Waals surface area (Å²) >= 11 is 0. The Hall–Kier alpha value is -2.40. The van der Waals surface area contributed by atoms with Crippen molar-refractivity contribution in [3.8, 4) is 5.75 Å². The molecule has 0 saturated heterocycles. The van der Waals surface area contributed by atoms with Crippen molar-refractivity contribution in [2.75, 3.05) is 0 Å². The Balaban J connectivity index is 1.65. The lowest BCUT2D eigenvalue weighted by atomic mass is 10.2. The highest BCUT2D eigenvalue weighted by Crippen LogP contribution is 2.18. The maximum atomic E-state index is 6.05. The van der Waals surface area contributed by atoms with E-state index in [1.807, 2.05) is 91.9 Å². The van der Waals surface area contributed by atoms with Crippen molar-refractivity contribution in [3.63, 3.8) is 0 Å². The van der Waals surface area contributed by atoms with Crippen LogP contribution in [-0.2, 0) is 22.1 Å². The first-order valence-corrected chi connectivity index (χ1v) is 9.47. The van der Waals surface area contributed by atoms with E-state index in [0.29, 0.717) is 13.2 Å². The molecule has 0 fully saturated rings. The first kappa shape index (κ1) is 17.4. The summed E-state index contributed by atoms with van der Waals surface area (Å²) in [5, 5.41) is 0. The average Bonchev–Trinajstić information content (AvgIpc) is 2.67. The van der Waals surface area contributed by atoms with Crippen LogP contribution in [0.4, 0.5) is 0 Å². The summed E-state index contributed by atoms with van der Waals surface area (Å²) in [6.45, 7) is 2.95. The van der Waals surface area contributed by atoms with E-state index in [1.54, 1.807) is 0 Å². The van der Waals surface area contributed by atoms with E-state index in [-0.39, 0.29) is 0 Å². The summed E-state index contributed by atoms with van der Waals surface area (Å²) in [4.78, 5) is 0. The molecule has 3 aromatic rings. The van der Waals surface area contributed by atoms with Gasteiger partial charge >= 0.3 is 9.53 Å².